The molecule has 7 heteroatoms. The summed E-state index contributed by atoms with van der Waals surface area (Å²) in [5.41, 5.74) is 0.842. The zero-order chi connectivity index (χ0) is 12.8. The molecule has 18 heavy (non-hydrogen) atoms. The standard InChI is InChI=1S/C11H15N5OS/c1-12-7-2-8-18-11-13-14-15-16(11)9-3-5-10(17)6-4-9/h3-6,12,17H,2,7-8H2,1H3. The molecule has 0 saturated heterocycles. The van der Waals surface area contributed by atoms with E-state index in [0.717, 1.165) is 29.6 Å². The van der Waals surface area contributed by atoms with Crippen molar-refractivity contribution in [2.45, 2.75) is 11.6 Å². The maximum atomic E-state index is 9.25. The minimum atomic E-state index is 0.232. The highest BCUT2D eigenvalue weighted by Crippen LogP contribution is 2.20. The molecule has 0 spiro atoms. The molecular formula is C11H15N5OS. The Labute approximate surface area is 109 Å². The van der Waals surface area contributed by atoms with Crippen molar-refractivity contribution < 1.29 is 5.11 Å². The second-order valence-electron chi connectivity index (χ2n) is 3.70. The number of phenolic OH excluding ortho intramolecular Hbond substituents is 1. The van der Waals surface area contributed by atoms with Gasteiger partial charge >= 0.3 is 0 Å². The summed E-state index contributed by atoms with van der Waals surface area (Å²) in [6.45, 7) is 0.980. The second-order valence-corrected chi connectivity index (χ2v) is 4.76. The third-order valence-corrected chi connectivity index (χ3v) is 3.34. The summed E-state index contributed by atoms with van der Waals surface area (Å²) >= 11 is 1.62. The predicted molar refractivity (Wildman–Crippen MR) is 70.1 cm³/mol. The molecule has 2 N–H and O–H groups in total. The molecule has 96 valence electrons. The molecule has 0 radical (unpaired) electrons. The van der Waals surface area contributed by atoms with E-state index < -0.39 is 0 Å². The number of tetrazole rings is 1. The van der Waals surface area contributed by atoms with Gasteiger partial charge in [0.1, 0.15) is 5.75 Å². The minimum Gasteiger partial charge on any atom is -0.508 e. The summed E-state index contributed by atoms with van der Waals surface area (Å²) in [6.07, 6.45) is 1.06. The van der Waals surface area contributed by atoms with Crippen molar-refractivity contribution in [2.24, 2.45) is 0 Å². The molecule has 2 rings (SSSR count). The fraction of sp³-hybridized carbons (Fsp3) is 0.364. The van der Waals surface area contributed by atoms with Crippen LogP contribution in [0.25, 0.3) is 5.69 Å². The summed E-state index contributed by atoms with van der Waals surface area (Å²) < 4.78 is 1.67. The van der Waals surface area contributed by atoms with Gasteiger partial charge in [0.25, 0.3) is 0 Å². The number of hydrogen-bond donors (Lipinski definition) is 2. The number of aromatic hydroxyl groups is 1. The Bertz CT molecular complexity index is 484. The first-order valence-corrected chi connectivity index (χ1v) is 6.65. The van der Waals surface area contributed by atoms with Crippen LogP contribution in [0.15, 0.2) is 29.4 Å². The lowest BCUT2D eigenvalue weighted by Gasteiger charge is -2.04. The summed E-state index contributed by atoms with van der Waals surface area (Å²) in [6, 6.07) is 6.80. The SMILES string of the molecule is CNCCCSc1nnnn1-c1ccc(O)cc1. The first-order chi connectivity index (χ1) is 8.81. The van der Waals surface area contributed by atoms with Crippen LogP contribution in [-0.4, -0.2) is 44.7 Å². The highest BCUT2D eigenvalue weighted by Gasteiger charge is 2.08. The minimum absolute atomic E-state index is 0.232. The third kappa shape index (κ3) is 3.21. The molecule has 6 nitrogen and oxygen atoms in total. The van der Waals surface area contributed by atoms with Gasteiger partial charge in [0.15, 0.2) is 0 Å². The highest BCUT2D eigenvalue weighted by molar-refractivity contribution is 7.99. The number of nitrogens with zero attached hydrogens (tertiary/aromatic N) is 4. The monoisotopic (exact) mass is 265 g/mol. The first kappa shape index (κ1) is 12.8. The molecule has 0 atom stereocenters. The Morgan fingerprint density at radius 3 is 2.83 bits per heavy atom. The van der Waals surface area contributed by atoms with E-state index in [9.17, 15) is 5.11 Å². The van der Waals surface area contributed by atoms with E-state index in [1.54, 1.807) is 40.7 Å². The van der Waals surface area contributed by atoms with Crippen LogP contribution in [0.5, 0.6) is 5.75 Å². The molecule has 0 fully saturated rings. The van der Waals surface area contributed by atoms with E-state index >= 15 is 0 Å². The van der Waals surface area contributed by atoms with Crippen LogP contribution in [0, 0.1) is 0 Å². The van der Waals surface area contributed by atoms with Gasteiger partial charge in [-0.3, -0.25) is 0 Å². The van der Waals surface area contributed by atoms with Gasteiger partial charge in [-0.15, -0.1) is 5.10 Å². The van der Waals surface area contributed by atoms with Gasteiger partial charge in [0.2, 0.25) is 5.16 Å². The summed E-state index contributed by atoms with van der Waals surface area (Å²) in [7, 11) is 1.94. The zero-order valence-corrected chi connectivity index (χ0v) is 10.9. The number of benzene rings is 1. The van der Waals surface area contributed by atoms with Gasteiger partial charge in [-0.05, 0) is 54.7 Å². The average molecular weight is 265 g/mol. The number of phenols is 1. The van der Waals surface area contributed by atoms with E-state index in [-0.39, 0.29) is 5.75 Å². The Morgan fingerprint density at radius 2 is 2.11 bits per heavy atom. The van der Waals surface area contributed by atoms with Crippen molar-refractivity contribution in [3.63, 3.8) is 0 Å². The number of thioether (sulfide) groups is 1. The van der Waals surface area contributed by atoms with E-state index in [1.165, 1.54) is 0 Å². The molecule has 1 aromatic carbocycles. The maximum absolute atomic E-state index is 9.25. The van der Waals surface area contributed by atoms with E-state index in [4.69, 9.17) is 0 Å². The van der Waals surface area contributed by atoms with Crippen molar-refractivity contribution >= 4 is 11.8 Å². The van der Waals surface area contributed by atoms with Crippen molar-refractivity contribution in [1.82, 2.24) is 25.5 Å². The second kappa shape index (κ2) is 6.36. The number of hydrogen-bond acceptors (Lipinski definition) is 6. The topological polar surface area (TPSA) is 75.9 Å². The number of rotatable bonds is 6. The van der Waals surface area contributed by atoms with Crippen LogP contribution in [0.3, 0.4) is 0 Å². The van der Waals surface area contributed by atoms with Crippen LogP contribution < -0.4 is 5.32 Å². The van der Waals surface area contributed by atoms with E-state index in [0.29, 0.717) is 0 Å². The Hall–Kier alpha value is -1.60. The summed E-state index contributed by atoms with van der Waals surface area (Å²) in [4.78, 5) is 0. The Morgan fingerprint density at radius 1 is 1.33 bits per heavy atom. The molecule has 1 aromatic heterocycles. The third-order valence-electron chi connectivity index (χ3n) is 2.34. The van der Waals surface area contributed by atoms with Gasteiger partial charge < -0.3 is 10.4 Å². The van der Waals surface area contributed by atoms with Crippen molar-refractivity contribution in [1.29, 1.82) is 0 Å². The number of aromatic nitrogens is 4. The van der Waals surface area contributed by atoms with Gasteiger partial charge in [-0.1, -0.05) is 11.8 Å². The fourth-order valence-electron chi connectivity index (χ4n) is 1.44. The highest BCUT2D eigenvalue weighted by atomic mass is 32.2. The predicted octanol–water partition coefficient (Wildman–Crippen LogP) is 1.07. The van der Waals surface area contributed by atoms with Crippen molar-refractivity contribution in [3.05, 3.63) is 24.3 Å². The van der Waals surface area contributed by atoms with Gasteiger partial charge in [0, 0.05) is 5.75 Å². The largest absolute Gasteiger partial charge is 0.508 e. The quantitative estimate of drug-likeness (QED) is 0.601. The normalized spacial score (nSPS) is 10.7. The van der Waals surface area contributed by atoms with E-state index in [1.807, 2.05) is 7.05 Å². The first-order valence-electron chi connectivity index (χ1n) is 5.66. The van der Waals surface area contributed by atoms with Crippen LogP contribution in [-0.2, 0) is 0 Å². The molecule has 0 unspecified atom stereocenters. The Balaban J connectivity index is 2.05. The summed E-state index contributed by atoms with van der Waals surface area (Å²) in [5.74, 6) is 1.19. The zero-order valence-electron chi connectivity index (χ0n) is 10.1. The smallest absolute Gasteiger partial charge is 0.214 e. The molecule has 0 aliphatic heterocycles. The van der Waals surface area contributed by atoms with Gasteiger partial charge in [-0.25, -0.2) is 0 Å². The maximum Gasteiger partial charge on any atom is 0.214 e. The van der Waals surface area contributed by atoms with Crippen LogP contribution >= 0.6 is 11.8 Å². The molecule has 2 aromatic rings. The molecular weight excluding hydrogens is 250 g/mol. The average Bonchev–Trinajstić information content (AvgIpc) is 2.84. The molecule has 0 bridgehead atoms. The van der Waals surface area contributed by atoms with E-state index in [2.05, 4.69) is 20.8 Å². The lowest BCUT2D eigenvalue weighted by molar-refractivity contribution is 0.475. The van der Waals surface area contributed by atoms with Crippen molar-refractivity contribution in [3.8, 4) is 11.4 Å². The fourth-order valence-corrected chi connectivity index (χ4v) is 2.27. The van der Waals surface area contributed by atoms with Crippen LogP contribution in [0.1, 0.15) is 6.42 Å². The van der Waals surface area contributed by atoms with Crippen LogP contribution in [0.2, 0.25) is 0 Å². The number of nitrogens with one attached hydrogen (secondary N) is 1. The van der Waals surface area contributed by atoms with Gasteiger partial charge in [0.05, 0.1) is 5.69 Å². The molecule has 1 heterocycles. The molecule has 0 aliphatic carbocycles. The molecule has 0 amide bonds. The Kier molecular flexibility index (Phi) is 4.54. The van der Waals surface area contributed by atoms with Crippen molar-refractivity contribution in [2.75, 3.05) is 19.3 Å². The lowest BCUT2D eigenvalue weighted by atomic mass is 10.3. The van der Waals surface area contributed by atoms with Gasteiger partial charge in [-0.2, -0.15) is 4.68 Å². The summed E-state index contributed by atoms with van der Waals surface area (Å²) in [5, 5.41) is 24.7. The van der Waals surface area contributed by atoms with Crippen LogP contribution in [0.4, 0.5) is 0 Å². The lowest BCUT2D eigenvalue weighted by Crippen LogP contribution is -2.08. The molecule has 0 aliphatic rings. The molecule has 0 saturated carbocycles.